The quantitative estimate of drug-likeness (QED) is 0.649. The highest BCUT2D eigenvalue weighted by Gasteiger charge is 2.31. The molecule has 0 saturated carbocycles. The van der Waals surface area contributed by atoms with Crippen LogP contribution in [-0.2, 0) is 14.8 Å². The lowest BCUT2D eigenvalue weighted by Gasteiger charge is -2.29. The van der Waals surface area contributed by atoms with E-state index in [0.29, 0.717) is 24.6 Å². The SMILES string of the molecule is COc1ccc(OC)c(N(CC(=O)N2CCCCCC2)S(=O)(=O)c2ccc(C)cc2)c1. The number of rotatable bonds is 7. The number of hydrogen-bond donors (Lipinski definition) is 0. The molecule has 0 unspecified atom stereocenters. The second kappa shape index (κ2) is 10.0. The number of methoxy groups -OCH3 is 2. The minimum absolute atomic E-state index is 0.117. The predicted octanol–water partition coefficient (Wildman–Crippen LogP) is 3.61. The maximum atomic E-state index is 13.7. The van der Waals surface area contributed by atoms with Crippen LogP contribution in [0.2, 0.25) is 0 Å². The van der Waals surface area contributed by atoms with E-state index in [1.54, 1.807) is 47.4 Å². The Morgan fingerprint density at radius 2 is 1.61 bits per heavy atom. The molecule has 168 valence electrons. The molecule has 0 radical (unpaired) electrons. The summed E-state index contributed by atoms with van der Waals surface area (Å²) in [4.78, 5) is 15.0. The molecule has 0 aliphatic carbocycles. The van der Waals surface area contributed by atoms with Crippen LogP contribution >= 0.6 is 0 Å². The largest absolute Gasteiger partial charge is 0.497 e. The maximum Gasteiger partial charge on any atom is 0.264 e. The van der Waals surface area contributed by atoms with Crippen molar-refractivity contribution < 1.29 is 22.7 Å². The number of carbonyl (C=O) groups excluding carboxylic acids is 1. The van der Waals surface area contributed by atoms with E-state index in [4.69, 9.17) is 9.47 Å². The molecule has 2 aromatic carbocycles. The number of benzene rings is 2. The zero-order chi connectivity index (χ0) is 22.4. The average Bonchev–Trinajstić information content (AvgIpc) is 3.07. The van der Waals surface area contributed by atoms with Gasteiger partial charge in [0.05, 0.1) is 24.8 Å². The topological polar surface area (TPSA) is 76.2 Å². The summed E-state index contributed by atoms with van der Waals surface area (Å²) in [5, 5.41) is 0. The van der Waals surface area contributed by atoms with Crippen LogP contribution in [0.15, 0.2) is 47.4 Å². The van der Waals surface area contributed by atoms with Crippen molar-refractivity contribution in [3.63, 3.8) is 0 Å². The summed E-state index contributed by atoms with van der Waals surface area (Å²) in [7, 11) is -1.04. The lowest BCUT2D eigenvalue weighted by atomic mass is 10.2. The Bertz CT molecular complexity index is 997. The zero-order valence-corrected chi connectivity index (χ0v) is 19.2. The summed E-state index contributed by atoms with van der Waals surface area (Å²) < 4.78 is 39.2. The Labute approximate surface area is 184 Å². The number of ether oxygens (including phenoxy) is 2. The third kappa shape index (κ3) is 5.31. The first kappa shape index (κ1) is 22.9. The number of amides is 1. The van der Waals surface area contributed by atoms with E-state index < -0.39 is 10.0 Å². The standard InChI is InChI=1S/C23H30N2O5S/c1-18-8-11-20(12-9-18)31(27,28)25(17-23(26)24-14-6-4-5-7-15-24)21-16-19(29-2)10-13-22(21)30-3/h8-13,16H,4-7,14-15,17H2,1-3H3. The van der Waals surface area contributed by atoms with Gasteiger partial charge < -0.3 is 14.4 Å². The van der Waals surface area contributed by atoms with Crippen LogP contribution in [0.1, 0.15) is 31.2 Å². The van der Waals surface area contributed by atoms with Crippen LogP contribution in [0.5, 0.6) is 11.5 Å². The molecule has 0 N–H and O–H groups in total. The monoisotopic (exact) mass is 446 g/mol. The molecule has 1 fully saturated rings. The molecule has 1 heterocycles. The van der Waals surface area contributed by atoms with Crippen molar-refractivity contribution in [2.45, 2.75) is 37.5 Å². The summed E-state index contributed by atoms with van der Waals surface area (Å²) in [6.07, 6.45) is 4.02. The van der Waals surface area contributed by atoms with Crippen LogP contribution < -0.4 is 13.8 Å². The first-order valence-corrected chi connectivity index (χ1v) is 11.9. The highest BCUT2D eigenvalue weighted by atomic mass is 32.2. The summed E-state index contributed by atoms with van der Waals surface area (Å²) in [5.74, 6) is 0.602. The Morgan fingerprint density at radius 1 is 0.968 bits per heavy atom. The molecule has 2 aromatic rings. The summed E-state index contributed by atoms with van der Waals surface area (Å²) in [6.45, 7) is 2.88. The molecule has 1 aliphatic rings. The molecule has 1 saturated heterocycles. The van der Waals surface area contributed by atoms with Crippen molar-refractivity contribution in [2.75, 3.05) is 38.2 Å². The molecule has 1 aliphatic heterocycles. The molecule has 0 aromatic heterocycles. The number of nitrogens with zero attached hydrogens (tertiary/aromatic N) is 2. The fourth-order valence-electron chi connectivity index (χ4n) is 3.67. The first-order chi connectivity index (χ1) is 14.9. The van der Waals surface area contributed by atoms with Crippen molar-refractivity contribution in [3.05, 3.63) is 48.0 Å². The van der Waals surface area contributed by atoms with Gasteiger partial charge in [0.25, 0.3) is 10.0 Å². The van der Waals surface area contributed by atoms with Crippen LogP contribution in [0.25, 0.3) is 0 Å². The minimum atomic E-state index is -4.02. The molecule has 1 amide bonds. The normalized spacial score (nSPS) is 14.6. The Hall–Kier alpha value is -2.74. The van der Waals surface area contributed by atoms with Gasteiger partial charge in [-0.3, -0.25) is 9.10 Å². The van der Waals surface area contributed by atoms with Crippen molar-refractivity contribution in [1.82, 2.24) is 4.90 Å². The second-order valence-corrected chi connectivity index (χ2v) is 9.52. The van der Waals surface area contributed by atoms with Crippen molar-refractivity contribution in [2.24, 2.45) is 0 Å². The fraction of sp³-hybridized carbons (Fsp3) is 0.435. The molecule has 7 nitrogen and oxygen atoms in total. The molecular formula is C23H30N2O5S. The smallest absolute Gasteiger partial charge is 0.264 e. The molecule has 0 atom stereocenters. The van der Waals surface area contributed by atoms with Crippen molar-refractivity contribution >= 4 is 21.6 Å². The van der Waals surface area contributed by atoms with Crippen LogP contribution in [0.3, 0.4) is 0 Å². The average molecular weight is 447 g/mol. The molecule has 0 spiro atoms. The van der Waals surface area contributed by atoms with Gasteiger partial charge in [-0.2, -0.15) is 0 Å². The van der Waals surface area contributed by atoms with Gasteiger partial charge in [-0.15, -0.1) is 0 Å². The van der Waals surface area contributed by atoms with Gasteiger partial charge in [-0.1, -0.05) is 30.5 Å². The molecule has 0 bridgehead atoms. The van der Waals surface area contributed by atoms with E-state index in [-0.39, 0.29) is 23.0 Å². The first-order valence-electron chi connectivity index (χ1n) is 10.5. The Kier molecular flexibility index (Phi) is 7.43. The van der Waals surface area contributed by atoms with E-state index in [9.17, 15) is 13.2 Å². The van der Waals surface area contributed by atoms with Crippen molar-refractivity contribution in [1.29, 1.82) is 0 Å². The van der Waals surface area contributed by atoms with E-state index in [1.807, 2.05) is 6.92 Å². The third-order valence-corrected chi connectivity index (χ3v) is 7.28. The van der Waals surface area contributed by atoms with Crippen molar-refractivity contribution in [3.8, 4) is 11.5 Å². The molecule has 8 heteroatoms. The predicted molar refractivity (Wildman–Crippen MR) is 120 cm³/mol. The highest BCUT2D eigenvalue weighted by molar-refractivity contribution is 7.92. The number of hydrogen-bond acceptors (Lipinski definition) is 5. The number of sulfonamides is 1. The van der Waals surface area contributed by atoms with Gasteiger partial charge in [0.2, 0.25) is 5.91 Å². The molecular weight excluding hydrogens is 416 g/mol. The minimum Gasteiger partial charge on any atom is -0.497 e. The fourth-order valence-corrected chi connectivity index (χ4v) is 5.09. The summed E-state index contributed by atoms with van der Waals surface area (Å²) in [5.41, 5.74) is 1.22. The number of carbonyl (C=O) groups is 1. The number of anilines is 1. The maximum absolute atomic E-state index is 13.7. The van der Waals surface area contributed by atoms with E-state index >= 15 is 0 Å². The van der Waals surface area contributed by atoms with Crippen LogP contribution in [-0.4, -0.2) is 53.1 Å². The van der Waals surface area contributed by atoms with E-state index in [0.717, 1.165) is 35.6 Å². The second-order valence-electron chi connectivity index (χ2n) is 7.66. The van der Waals surface area contributed by atoms with Gasteiger partial charge in [0.1, 0.15) is 18.0 Å². The van der Waals surface area contributed by atoms with Crippen LogP contribution in [0.4, 0.5) is 5.69 Å². The van der Waals surface area contributed by atoms with Gasteiger partial charge >= 0.3 is 0 Å². The lowest BCUT2D eigenvalue weighted by molar-refractivity contribution is -0.129. The molecule has 31 heavy (non-hydrogen) atoms. The summed E-state index contributed by atoms with van der Waals surface area (Å²) >= 11 is 0. The summed E-state index contributed by atoms with van der Waals surface area (Å²) in [6, 6.07) is 11.5. The van der Waals surface area contributed by atoms with E-state index in [1.165, 1.54) is 14.2 Å². The van der Waals surface area contributed by atoms with Gasteiger partial charge in [0.15, 0.2) is 0 Å². The Balaban J connectivity index is 2.05. The highest BCUT2D eigenvalue weighted by Crippen LogP contribution is 2.35. The zero-order valence-electron chi connectivity index (χ0n) is 18.3. The van der Waals surface area contributed by atoms with Crippen LogP contribution in [0, 0.1) is 6.92 Å². The lowest BCUT2D eigenvalue weighted by Crippen LogP contribution is -2.43. The van der Waals surface area contributed by atoms with Gasteiger partial charge in [0, 0.05) is 19.2 Å². The Morgan fingerprint density at radius 3 is 2.19 bits per heavy atom. The molecule has 3 rings (SSSR count). The van der Waals surface area contributed by atoms with Gasteiger partial charge in [-0.05, 0) is 44.0 Å². The number of likely N-dealkylation sites (tertiary alicyclic amines) is 1. The third-order valence-electron chi connectivity index (χ3n) is 5.50. The van der Waals surface area contributed by atoms with Gasteiger partial charge in [-0.25, -0.2) is 8.42 Å². The number of aryl methyl sites for hydroxylation is 1. The van der Waals surface area contributed by atoms with E-state index in [2.05, 4.69) is 0 Å².